The number of carbonyl (C=O) groups is 2. The molecule has 126 valence electrons. The van der Waals surface area contributed by atoms with Crippen molar-refractivity contribution in [2.75, 3.05) is 20.7 Å². The number of nitrogens with zero attached hydrogens (tertiary/aromatic N) is 1. The van der Waals surface area contributed by atoms with Gasteiger partial charge in [-0.3, -0.25) is 4.79 Å². The first kappa shape index (κ1) is 18.0. The van der Waals surface area contributed by atoms with E-state index in [4.69, 9.17) is 9.47 Å². The van der Waals surface area contributed by atoms with Crippen LogP contribution in [-0.2, 0) is 14.3 Å². The Morgan fingerprint density at radius 3 is 2.42 bits per heavy atom. The van der Waals surface area contributed by atoms with Gasteiger partial charge in [0.05, 0.1) is 0 Å². The maximum absolute atomic E-state index is 12.3. The quantitative estimate of drug-likeness (QED) is 0.709. The van der Waals surface area contributed by atoms with Gasteiger partial charge < -0.3 is 14.4 Å². The summed E-state index contributed by atoms with van der Waals surface area (Å²) in [5.41, 5.74) is 0.618. The van der Waals surface area contributed by atoms with Crippen molar-refractivity contribution in [3.8, 4) is 5.75 Å². The maximum atomic E-state index is 12.3. The fourth-order valence-electron chi connectivity index (χ4n) is 1.99. The molecule has 0 bridgehead atoms. The third-order valence-corrected chi connectivity index (χ3v) is 3.66. The van der Waals surface area contributed by atoms with E-state index >= 15 is 0 Å². The molecule has 2 aromatic carbocycles. The van der Waals surface area contributed by atoms with E-state index < -0.39 is 12.1 Å². The first-order valence-electron chi connectivity index (χ1n) is 7.31. The van der Waals surface area contributed by atoms with Crippen molar-refractivity contribution in [3.05, 3.63) is 64.6 Å². The SMILES string of the molecule is CN(C)C(=O)[C@H](OC(=O)COc1cccc(Br)c1)c1ccccc1. The van der Waals surface area contributed by atoms with Crippen LogP contribution in [0.2, 0.25) is 0 Å². The predicted octanol–water partition coefficient (Wildman–Crippen LogP) is 3.20. The van der Waals surface area contributed by atoms with Gasteiger partial charge >= 0.3 is 5.97 Å². The molecule has 0 aromatic heterocycles. The lowest BCUT2D eigenvalue weighted by atomic mass is 10.1. The van der Waals surface area contributed by atoms with E-state index in [0.717, 1.165) is 4.47 Å². The highest BCUT2D eigenvalue weighted by Gasteiger charge is 2.26. The largest absolute Gasteiger partial charge is 0.482 e. The topological polar surface area (TPSA) is 55.8 Å². The van der Waals surface area contributed by atoms with Crippen molar-refractivity contribution < 1.29 is 19.1 Å². The predicted molar refractivity (Wildman–Crippen MR) is 93.6 cm³/mol. The van der Waals surface area contributed by atoms with E-state index in [9.17, 15) is 9.59 Å². The van der Waals surface area contributed by atoms with Crippen molar-refractivity contribution in [1.29, 1.82) is 0 Å². The molecule has 0 saturated carbocycles. The highest BCUT2D eigenvalue weighted by Crippen LogP contribution is 2.21. The van der Waals surface area contributed by atoms with Crippen LogP contribution in [0.25, 0.3) is 0 Å². The molecule has 0 unspecified atom stereocenters. The van der Waals surface area contributed by atoms with Gasteiger partial charge in [0.1, 0.15) is 5.75 Å². The van der Waals surface area contributed by atoms with Crippen molar-refractivity contribution in [2.24, 2.45) is 0 Å². The second-order valence-corrected chi connectivity index (χ2v) is 6.17. The molecule has 2 rings (SSSR count). The summed E-state index contributed by atoms with van der Waals surface area (Å²) in [7, 11) is 3.23. The Kier molecular flexibility index (Phi) is 6.37. The molecule has 1 amide bonds. The van der Waals surface area contributed by atoms with Gasteiger partial charge in [-0.2, -0.15) is 0 Å². The zero-order valence-corrected chi connectivity index (χ0v) is 15.0. The second-order valence-electron chi connectivity index (χ2n) is 5.26. The van der Waals surface area contributed by atoms with Crippen LogP contribution in [0.15, 0.2) is 59.1 Å². The highest BCUT2D eigenvalue weighted by atomic mass is 79.9. The molecule has 0 aliphatic rings. The van der Waals surface area contributed by atoms with Gasteiger partial charge in [-0.25, -0.2) is 4.79 Å². The minimum atomic E-state index is -0.986. The molecule has 2 aromatic rings. The minimum absolute atomic E-state index is 0.277. The Hall–Kier alpha value is -2.34. The molecule has 24 heavy (non-hydrogen) atoms. The zero-order valence-electron chi connectivity index (χ0n) is 13.4. The number of ether oxygens (including phenoxy) is 2. The number of amides is 1. The van der Waals surface area contributed by atoms with Gasteiger partial charge in [0, 0.05) is 24.1 Å². The number of rotatable bonds is 6. The summed E-state index contributed by atoms with van der Waals surface area (Å²) in [5.74, 6) is -0.382. The van der Waals surface area contributed by atoms with E-state index in [1.54, 1.807) is 56.6 Å². The van der Waals surface area contributed by atoms with Crippen molar-refractivity contribution in [1.82, 2.24) is 4.90 Å². The Bertz CT molecular complexity index is 703. The molecule has 0 spiro atoms. The molecule has 6 heteroatoms. The Labute approximate surface area is 149 Å². The van der Waals surface area contributed by atoms with Crippen LogP contribution in [0.3, 0.4) is 0 Å². The van der Waals surface area contributed by atoms with Gasteiger partial charge in [-0.15, -0.1) is 0 Å². The number of likely N-dealkylation sites (N-methyl/N-ethyl adjacent to an activating group) is 1. The average Bonchev–Trinajstić information content (AvgIpc) is 2.58. The zero-order chi connectivity index (χ0) is 17.5. The van der Waals surface area contributed by atoms with E-state index in [0.29, 0.717) is 11.3 Å². The van der Waals surface area contributed by atoms with Crippen molar-refractivity contribution in [2.45, 2.75) is 6.10 Å². The second kappa shape index (κ2) is 8.49. The molecule has 0 N–H and O–H groups in total. The van der Waals surface area contributed by atoms with Gasteiger partial charge in [-0.05, 0) is 18.2 Å². The third kappa shape index (κ3) is 5.09. The average molecular weight is 392 g/mol. The summed E-state index contributed by atoms with van der Waals surface area (Å²) in [6, 6.07) is 16.0. The maximum Gasteiger partial charge on any atom is 0.345 e. The van der Waals surface area contributed by atoms with Gasteiger partial charge in [0.25, 0.3) is 5.91 Å². The number of carbonyl (C=O) groups excluding carboxylic acids is 2. The number of benzene rings is 2. The molecule has 0 fully saturated rings. The first-order valence-corrected chi connectivity index (χ1v) is 8.10. The normalized spacial score (nSPS) is 11.5. The van der Waals surface area contributed by atoms with Crippen LogP contribution in [-0.4, -0.2) is 37.5 Å². The molecule has 0 saturated heterocycles. The molecular formula is C18H18BrNO4. The van der Waals surface area contributed by atoms with Gasteiger partial charge in [-0.1, -0.05) is 52.3 Å². The fraction of sp³-hybridized carbons (Fsp3) is 0.222. The summed E-state index contributed by atoms with van der Waals surface area (Å²) in [5, 5.41) is 0. The van der Waals surface area contributed by atoms with E-state index in [1.807, 2.05) is 12.1 Å². The van der Waals surface area contributed by atoms with Crippen LogP contribution in [0.1, 0.15) is 11.7 Å². The molecule has 0 aliphatic carbocycles. The van der Waals surface area contributed by atoms with E-state index in [1.165, 1.54) is 4.90 Å². The number of esters is 1. The number of hydrogen-bond donors (Lipinski definition) is 0. The monoisotopic (exact) mass is 391 g/mol. The fourth-order valence-corrected chi connectivity index (χ4v) is 2.37. The molecule has 5 nitrogen and oxygen atoms in total. The molecular weight excluding hydrogens is 374 g/mol. The summed E-state index contributed by atoms with van der Waals surface area (Å²) < 4.78 is 11.6. The minimum Gasteiger partial charge on any atom is -0.482 e. The Balaban J connectivity index is 2.03. The van der Waals surface area contributed by atoms with Gasteiger partial charge in [0.15, 0.2) is 6.61 Å². The van der Waals surface area contributed by atoms with Crippen molar-refractivity contribution in [3.63, 3.8) is 0 Å². The summed E-state index contributed by atoms with van der Waals surface area (Å²) in [6.45, 7) is -0.277. The number of halogens is 1. The lowest BCUT2D eigenvalue weighted by Gasteiger charge is -2.21. The summed E-state index contributed by atoms with van der Waals surface area (Å²) in [6.07, 6.45) is -0.986. The first-order chi connectivity index (χ1) is 11.5. The van der Waals surface area contributed by atoms with Gasteiger partial charge in [0.2, 0.25) is 6.10 Å². The van der Waals surface area contributed by atoms with Crippen LogP contribution in [0, 0.1) is 0 Å². The molecule has 0 radical (unpaired) electrons. The van der Waals surface area contributed by atoms with E-state index in [2.05, 4.69) is 15.9 Å². The number of hydrogen-bond acceptors (Lipinski definition) is 4. The summed E-state index contributed by atoms with van der Waals surface area (Å²) in [4.78, 5) is 25.8. The standard InChI is InChI=1S/C18H18BrNO4/c1-20(2)18(22)17(13-7-4-3-5-8-13)24-16(21)12-23-15-10-6-9-14(19)11-15/h3-11,17H,12H2,1-2H3/t17-/m1/s1. The third-order valence-electron chi connectivity index (χ3n) is 3.17. The smallest absolute Gasteiger partial charge is 0.345 e. The van der Waals surface area contributed by atoms with Crippen LogP contribution >= 0.6 is 15.9 Å². The van der Waals surface area contributed by atoms with Crippen molar-refractivity contribution >= 4 is 27.8 Å². The molecule has 1 atom stereocenters. The Morgan fingerprint density at radius 2 is 1.79 bits per heavy atom. The van der Waals surface area contributed by atoms with Crippen LogP contribution in [0.5, 0.6) is 5.75 Å². The van der Waals surface area contributed by atoms with Crippen LogP contribution < -0.4 is 4.74 Å². The summed E-state index contributed by atoms with van der Waals surface area (Å²) >= 11 is 3.33. The highest BCUT2D eigenvalue weighted by molar-refractivity contribution is 9.10. The van der Waals surface area contributed by atoms with Crippen LogP contribution in [0.4, 0.5) is 0 Å². The Morgan fingerprint density at radius 1 is 1.08 bits per heavy atom. The van der Waals surface area contributed by atoms with E-state index in [-0.39, 0.29) is 12.5 Å². The lowest BCUT2D eigenvalue weighted by Crippen LogP contribution is -2.32. The molecule has 0 heterocycles. The lowest BCUT2D eigenvalue weighted by molar-refractivity contribution is -0.161. The molecule has 0 aliphatic heterocycles.